The Morgan fingerprint density at radius 1 is 1.30 bits per heavy atom. The van der Waals surface area contributed by atoms with Crippen molar-refractivity contribution in [2.45, 2.75) is 18.0 Å². The van der Waals surface area contributed by atoms with Crippen molar-refractivity contribution in [3.8, 4) is 10.7 Å². The zero-order chi connectivity index (χ0) is 16.8. The molecule has 0 aliphatic heterocycles. The van der Waals surface area contributed by atoms with Crippen molar-refractivity contribution in [1.82, 2.24) is 19.7 Å². The zero-order valence-corrected chi connectivity index (χ0v) is 15.8. The Bertz CT molecular complexity index is 872. The number of imidazole rings is 1. The molecule has 3 heterocycles. The number of rotatable bonds is 3. The van der Waals surface area contributed by atoms with E-state index in [-0.39, 0.29) is 5.52 Å². The van der Waals surface area contributed by atoms with Crippen LogP contribution in [0.5, 0.6) is 0 Å². The van der Waals surface area contributed by atoms with Crippen LogP contribution in [0.25, 0.3) is 21.9 Å². The molecule has 3 aromatic rings. The Morgan fingerprint density at radius 3 is 2.70 bits per heavy atom. The van der Waals surface area contributed by atoms with Gasteiger partial charge in [0.25, 0.3) is 0 Å². The molecule has 0 saturated heterocycles. The number of fused-ring (bicyclic) bond motifs is 1. The molecule has 0 amide bonds. The van der Waals surface area contributed by atoms with Crippen LogP contribution in [0.15, 0.2) is 17.0 Å². The molecule has 0 spiro atoms. The first-order valence-corrected chi connectivity index (χ1v) is 9.39. The predicted molar refractivity (Wildman–Crippen MR) is 93.7 cm³/mol. The molecule has 23 heavy (non-hydrogen) atoms. The van der Waals surface area contributed by atoms with Crippen molar-refractivity contribution in [3.63, 3.8) is 0 Å². The van der Waals surface area contributed by atoms with Crippen LogP contribution in [-0.4, -0.2) is 25.5 Å². The topological polar surface area (TPSA) is 43.6 Å². The SMILES string of the molecule is CCSc1cc(I)sc1-c1nc2cc(C(F)(F)F)nnc2n1C. The second-order valence-corrected chi connectivity index (χ2v) is 8.86. The monoisotopic (exact) mass is 470 g/mol. The molecule has 0 fully saturated rings. The van der Waals surface area contributed by atoms with E-state index in [1.165, 1.54) is 0 Å². The van der Waals surface area contributed by atoms with Crippen molar-refractivity contribution in [2.24, 2.45) is 7.05 Å². The number of nitrogens with zero attached hydrogens (tertiary/aromatic N) is 4. The lowest BCUT2D eigenvalue weighted by atomic mass is 10.3. The third-order valence-electron chi connectivity index (χ3n) is 3.08. The third kappa shape index (κ3) is 3.20. The molecule has 0 atom stereocenters. The number of thioether (sulfide) groups is 1. The summed E-state index contributed by atoms with van der Waals surface area (Å²) >= 11 is 5.47. The van der Waals surface area contributed by atoms with E-state index < -0.39 is 11.9 Å². The third-order valence-corrected chi connectivity index (χ3v) is 6.02. The van der Waals surface area contributed by atoms with Crippen LogP contribution < -0.4 is 0 Å². The molecular weight excluding hydrogens is 460 g/mol. The number of aryl methyl sites for hydroxylation is 1. The van der Waals surface area contributed by atoms with E-state index in [9.17, 15) is 13.2 Å². The summed E-state index contributed by atoms with van der Waals surface area (Å²) in [5.74, 6) is 1.51. The number of alkyl halides is 3. The summed E-state index contributed by atoms with van der Waals surface area (Å²) in [4.78, 5) is 6.38. The smallest absolute Gasteiger partial charge is 0.310 e. The standard InChI is InChI=1S/C13H10F3IN4S2/c1-3-22-7-5-9(17)23-10(7)12-18-6-4-8(13(14,15)16)19-20-11(6)21(12)2/h4-5H,3H2,1-2H3. The summed E-state index contributed by atoms with van der Waals surface area (Å²) in [6.07, 6.45) is -4.53. The van der Waals surface area contributed by atoms with Crippen LogP contribution in [-0.2, 0) is 13.2 Å². The van der Waals surface area contributed by atoms with Gasteiger partial charge in [-0.3, -0.25) is 0 Å². The van der Waals surface area contributed by atoms with Crippen LogP contribution >= 0.6 is 45.7 Å². The molecule has 0 saturated carbocycles. The van der Waals surface area contributed by atoms with E-state index in [2.05, 4.69) is 50.8 Å². The number of hydrogen-bond donors (Lipinski definition) is 0. The highest BCUT2D eigenvalue weighted by Gasteiger charge is 2.34. The molecule has 0 bridgehead atoms. The fourth-order valence-electron chi connectivity index (χ4n) is 2.09. The van der Waals surface area contributed by atoms with Gasteiger partial charge >= 0.3 is 6.18 Å². The van der Waals surface area contributed by atoms with Crippen LogP contribution in [0.1, 0.15) is 12.6 Å². The number of aromatic nitrogens is 4. The van der Waals surface area contributed by atoms with Gasteiger partial charge in [0.15, 0.2) is 17.2 Å². The van der Waals surface area contributed by atoms with Crippen molar-refractivity contribution < 1.29 is 13.2 Å². The van der Waals surface area contributed by atoms with Gasteiger partial charge in [0.2, 0.25) is 0 Å². The normalized spacial score (nSPS) is 12.3. The molecule has 0 aromatic carbocycles. The fraction of sp³-hybridized carbons (Fsp3) is 0.308. The summed E-state index contributed by atoms with van der Waals surface area (Å²) < 4.78 is 41.1. The number of hydrogen-bond acceptors (Lipinski definition) is 5. The van der Waals surface area contributed by atoms with Gasteiger partial charge < -0.3 is 4.57 Å². The maximum Gasteiger partial charge on any atom is 0.435 e. The van der Waals surface area contributed by atoms with Gasteiger partial charge in [0, 0.05) is 18.0 Å². The maximum absolute atomic E-state index is 12.8. The molecule has 4 nitrogen and oxygen atoms in total. The fourth-order valence-corrected chi connectivity index (χ4v) is 5.19. The Labute approximate surface area is 151 Å². The molecule has 10 heteroatoms. The number of halogens is 4. The second kappa shape index (κ2) is 6.20. The van der Waals surface area contributed by atoms with Crippen LogP contribution in [0.3, 0.4) is 0 Å². The van der Waals surface area contributed by atoms with Gasteiger partial charge in [-0.2, -0.15) is 13.2 Å². The molecule has 3 rings (SSSR count). The lowest BCUT2D eigenvalue weighted by Crippen LogP contribution is -2.09. The highest BCUT2D eigenvalue weighted by molar-refractivity contribution is 14.1. The highest BCUT2D eigenvalue weighted by atomic mass is 127. The van der Waals surface area contributed by atoms with E-state index >= 15 is 0 Å². The molecule has 122 valence electrons. The average Bonchev–Trinajstić information content (AvgIpc) is 2.99. The first kappa shape index (κ1) is 17.0. The van der Waals surface area contributed by atoms with Gasteiger partial charge in [0.1, 0.15) is 5.52 Å². The van der Waals surface area contributed by atoms with Crippen molar-refractivity contribution in [1.29, 1.82) is 0 Å². The van der Waals surface area contributed by atoms with E-state index in [0.29, 0.717) is 11.5 Å². The highest BCUT2D eigenvalue weighted by Crippen LogP contribution is 2.39. The van der Waals surface area contributed by atoms with E-state index in [1.807, 2.05) is 0 Å². The second-order valence-electron chi connectivity index (χ2n) is 4.61. The van der Waals surface area contributed by atoms with Crippen molar-refractivity contribution in [2.75, 3.05) is 5.75 Å². The molecule has 0 aliphatic carbocycles. The molecule has 0 radical (unpaired) electrons. The van der Waals surface area contributed by atoms with E-state index in [1.54, 1.807) is 34.7 Å². The average molecular weight is 470 g/mol. The Morgan fingerprint density at radius 2 is 2.04 bits per heavy atom. The predicted octanol–water partition coefficient (Wildman–Crippen LogP) is 4.83. The Balaban J connectivity index is 2.17. The minimum Gasteiger partial charge on any atom is -0.310 e. The minimum absolute atomic E-state index is 0.195. The van der Waals surface area contributed by atoms with Gasteiger partial charge in [-0.05, 0) is 34.4 Å². The van der Waals surface area contributed by atoms with Crippen molar-refractivity contribution in [3.05, 3.63) is 20.7 Å². The quantitative estimate of drug-likeness (QED) is 0.407. The molecule has 0 unspecified atom stereocenters. The molecule has 3 aromatic heterocycles. The molecular formula is C13H10F3IN4S2. The number of thiophene rings is 1. The van der Waals surface area contributed by atoms with Crippen LogP contribution in [0, 0.1) is 2.88 Å². The van der Waals surface area contributed by atoms with Crippen LogP contribution in [0.2, 0.25) is 0 Å². The molecule has 0 aliphatic rings. The van der Waals surface area contributed by atoms with Gasteiger partial charge in [-0.15, -0.1) is 33.3 Å². The summed E-state index contributed by atoms with van der Waals surface area (Å²) in [6.45, 7) is 2.05. The van der Waals surface area contributed by atoms with E-state index in [0.717, 1.165) is 24.5 Å². The van der Waals surface area contributed by atoms with Gasteiger partial charge in [-0.25, -0.2) is 4.98 Å². The summed E-state index contributed by atoms with van der Waals surface area (Å²) in [7, 11) is 1.74. The lowest BCUT2D eigenvalue weighted by molar-refractivity contribution is -0.141. The summed E-state index contributed by atoms with van der Waals surface area (Å²) in [6, 6.07) is 3.00. The summed E-state index contributed by atoms with van der Waals surface area (Å²) in [5, 5.41) is 6.97. The van der Waals surface area contributed by atoms with Crippen molar-refractivity contribution >= 4 is 56.9 Å². The summed E-state index contributed by atoms with van der Waals surface area (Å²) in [5.41, 5.74) is -0.497. The molecule has 0 N–H and O–H groups in total. The minimum atomic E-state index is -4.53. The van der Waals surface area contributed by atoms with Crippen LogP contribution in [0.4, 0.5) is 13.2 Å². The Hall–Kier alpha value is -0.880. The van der Waals surface area contributed by atoms with E-state index in [4.69, 9.17) is 0 Å². The zero-order valence-electron chi connectivity index (χ0n) is 12.0. The first-order chi connectivity index (χ1) is 10.8. The Kier molecular flexibility index (Phi) is 4.58. The first-order valence-electron chi connectivity index (χ1n) is 6.51. The largest absolute Gasteiger partial charge is 0.435 e. The lowest BCUT2D eigenvalue weighted by Gasteiger charge is -2.03. The van der Waals surface area contributed by atoms with Gasteiger partial charge in [-0.1, -0.05) is 6.92 Å². The van der Waals surface area contributed by atoms with Gasteiger partial charge in [0.05, 0.1) is 7.76 Å². The maximum atomic E-state index is 12.8.